The fraction of sp³-hybridized carbons (Fsp3) is 0.647. The molecule has 0 aliphatic heterocycles. The average Bonchev–Trinajstić information content (AvgIpc) is 3.21. The summed E-state index contributed by atoms with van der Waals surface area (Å²) in [6, 6.07) is 4.64. The van der Waals surface area contributed by atoms with Gasteiger partial charge in [-0.3, -0.25) is 0 Å². The van der Waals surface area contributed by atoms with Crippen molar-refractivity contribution < 1.29 is 14.2 Å². The first-order valence-corrected chi connectivity index (χ1v) is 7.67. The Labute approximate surface area is 125 Å². The highest BCUT2D eigenvalue weighted by Gasteiger charge is 2.59. The van der Waals surface area contributed by atoms with Gasteiger partial charge in [0.1, 0.15) is 11.6 Å². The summed E-state index contributed by atoms with van der Waals surface area (Å²) in [7, 11) is 5.57. The summed E-state index contributed by atoms with van der Waals surface area (Å²) < 4.78 is 19.0. The summed E-state index contributed by atoms with van der Waals surface area (Å²) in [4.78, 5) is 2.11. The van der Waals surface area contributed by atoms with Gasteiger partial charge in [0.15, 0.2) is 0 Å². The predicted molar refractivity (Wildman–Crippen MR) is 79.7 cm³/mol. The van der Waals surface area contributed by atoms with E-state index in [9.17, 15) is 9.50 Å². The summed E-state index contributed by atoms with van der Waals surface area (Å²) in [6.07, 6.45) is 3.23. The van der Waals surface area contributed by atoms with E-state index in [1.54, 1.807) is 6.07 Å². The Morgan fingerprint density at radius 3 is 2.76 bits per heavy atom. The number of hydrogen-bond acceptors (Lipinski definition) is 3. The molecule has 0 radical (unpaired) electrons. The van der Waals surface area contributed by atoms with E-state index in [2.05, 4.69) is 4.90 Å². The number of halogens is 1. The normalized spacial score (nSPS) is 34.7. The molecule has 0 unspecified atom stereocenters. The van der Waals surface area contributed by atoms with Crippen LogP contribution in [0, 0.1) is 23.6 Å². The average molecular weight is 293 g/mol. The zero-order valence-electron chi connectivity index (χ0n) is 13.0. The zero-order chi connectivity index (χ0) is 15.2. The smallest absolute Gasteiger partial charge is 0.127 e. The molecule has 2 saturated carbocycles. The van der Waals surface area contributed by atoms with Crippen LogP contribution in [0.25, 0.3) is 0 Å². The minimum absolute atomic E-state index is 0.141. The third kappa shape index (κ3) is 2.55. The first-order valence-electron chi connectivity index (χ1n) is 7.67. The van der Waals surface area contributed by atoms with Gasteiger partial charge < -0.3 is 14.7 Å². The third-order valence-corrected chi connectivity index (χ3v) is 5.15. The number of ether oxygens (including phenoxy) is 1. The van der Waals surface area contributed by atoms with Crippen LogP contribution in [0.1, 0.15) is 24.8 Å². The molecule has 116 valence electrons. The molecule has 1 N–H and O–H groups in total. The van der Waals surface area contributed by atoms with E-state index in [4.69, 9.17) is 4.74 Å². The van der Waals surface area contributed by atoms with Crippen LogP contribution in [0.15, 0.2) is 18.2 Å². The number of benzene rings is 1. The van der Waals surface area contributed by atoms with Gasteiger partial charge >= 0.3 is 0 Å². The summed E-state index contributed by atoms with van der Waals surface area (Å²) >= 11 is 0. The van der Waals surface area contributed by atoms with Gasteiger partial charge in [0.05, 0.1) is 12.7 Å². The van der Waals surface area contributed by atoms with Gasteiger partial charge in [-0.15, -0.1) is 0 Å². The molecule has 0 heterocycles. The Kier molecular flexibility index (Phi) is 3.70. The zero-order valence-corrected chi connectivity index (χ0v) is 13.0. The van der Waals surface area contributed by atoms with Crippen LogP contribution in [0.4, 0.5) is 4.39 Å². The highest BCUT2D eigenvalue weighted by atomic mass is 19.1. The minimum atomic E-state index is -0.928. The number of nitrogens with zero attached hydrogens (tertiary/aromatic N) is 1. The van der Waals surface area contributed by atoms with Gasteiger partial charge in [-0.25, -0.2) is 4.39 Å². The van der Waals surface area contributed by atoms with Crippen molar-refractivity contribution in [1.82, 2.24) is 4.90 Å². The maximum Gasteiger partial charge on any atom is 0.127 e. The van der Waals surface area contributed by atoms with E-state index in [0.717, 1.165) is 19.4 Å². The molecule has 3 rings (SSSR count). The first kappa shape index (κ1) is 14.8. The second-order valence-corrected chi connectivity index (χ2v) is 6.84. The quantitative estimate of drug-likeness (QED) is 0.926. The molecular weight excluding hydrogens is 269 g/mol. The van der Waals surface area contributed by atoms with Gasteiger partial charge in [-0.05, 0) is 62.9 Å². The van der Waals surface area contributed by atoms with Gasteiger partial charge in [0, 0.05) is 18.5 Å². The van der Waals surface area contributed by atoms with Crippen LogP contribution in [-0.4, -0.2) is 37.8 Å². The molecule has 0 amide bonds. The topological polar surface area (TPSA) is 32.7 Å². The second kappa shape index (κ2) is 5.25. The minimum Gasteiger partial charge on any atom is -0.497 e. The van der Waals surface area contributed by atoms with Gasteiger partial charge in [0.25, 0.3) is 0 Å². The van der Waals surface area contributed by atoms with Crippen LogP contribution in [0.5, 0.6) is 5.75 Å². The Morgan fingerprint density at radius 2 is 2.10 bits per heavy atom. The van der Waals surface area contributed by atoms with E-state index in [0.29, 0.717) is 17.2 Å². The van der Waals surface area contributed by atoms with Crippen molar-refractivity contribution in [3.8, 4) is 5.75 Å². The van der Waals surface area contributed by atoms with Crippen molar-refractivity contribution >= 4 is 0 Å². The predicted octanol–water partition coefficient (Wildman–Crippen LogP) is 2.63. The van der Waals surface area contributed by atoms with Gasteiger partial charge in [-0.1, -0.05) is 0 Å². The van der Waals surface area contributed by atoms with E-state index in [1.807, 2.05) is 14.1 Å². The van der Waals surface area contributed by atoms with Crippen molar-refractivity contribution in [3.05, 3.63) is 29.6 Å². The Bertz CT molecular complexity index is 534. The van der Waals surface area contributed by atoms with E-state index in [-0.39, 0.29) is 17.7 Å². The molecule has 2 fully saturated rings. The standard InChI is InChI=1S/C17H24FNO2/c1-19(2)10-12-5-4-11-6-16(11)17(12,20)13-7-14(18)9-15(8-13)21-3/h7-9,11-12,16,20H,4-6,10H2,1-3H3/t11-,12-,16+,17-/m1/s1. The second-order valence-electron chi connectivity index (χ2n) is 6.84. The van der Waals surface area contributed by atoms with Crippen LogP contribution in [0.2, 0.25) is 0 Å². The summed E-state index contributed by atoms with van der Waals surface area (Å²) in [6.45, 7) is 0.818. The van der Waals surface area contributed by atoms with Crippen molar-refractivity contribution in [2.45, 2.75) is 24.9 Å². The number of hydrogen-bond donors (Lipinski definition) is 1. The van der Waals surface area contributed by atoms with Gasteiger partial charge in [-0.2, -0.15) is 0 Å². The molecule has 2 aliphatic rings. The molecule has 0 saturated heterocycles. The number of rotatable bonds is 4. The van der Waals surface area contributed by atoms with Crippen molar-refractivity contribution in [2.24, 2.45) is 17.8 Å². The van der Waals surface area contributed by atoms with E-state index < -0.39 is 5.60 Å². The number of methoxy groups -OCH3 is 1. The first-order chi connectivity index (χ1) is 9.95. The lowest BCUT2D eigenvalue weighted by Crippen LogP contribution is -2.45. The number of fused-ring (bicyclic) bond motifs is 1. The highest BCUT2D eigenvalue weighted by Crippen LogP contribution is 2.61. The lowest BCUT2D eigenvalue weighted by molar-refractivity contribution is -0.0753. The molecule has 2 aliphatic carbocycles. The van der Waals surface area contributed by atoms with Gasteiger partial charge in [0.2, 0.25) is 0 Å². The summed E-state index contributed by atoms with van der Waals surface area (Å²) in [5.74, 6) is 1.14. The lowest BCUT2D eigenvalue weighted by Gasteiger charge is -2.42. The maximum absolute atomic E-state index is 13.9. The molecule has 3 nitrogen and oxygen atoms in total. The molecule has 4 atom stereocenters. The highest BCUT2D eigenvalue weighted by molar-refractivity contribution is 5.36. The van der Waals surface area contributed by atoms with Crippen LogP contribution < -0.4 is 4.74 Å². The fourth-order valence-electron chi connectivity index (χ4n) is 4.08. The van der Waals surface area contributed by atoms with E-state index >= 15 is 0 Å². The SMILES string of the molecule is COc1cc(F)cc([C@]2(O)[C@@H](CN(C)C)CC[C@@H]3C[C@@H]32)c1. The molecule has 0 aromatic heterocycles. The van der Waals surface area contributed by atoms with Crippen molar-refractivity contribution in [2.75, 3.05) is 27.7 Å². The monoisotopic (exact) mass is 293 g/mol. The summed E-state index contributed by atoms with van der Waals surface area (Å²) in [5.41, 5.74) is -0.249. The van der Waals surface area contributed by atoms with E-state index in [1.165, 1.54) is 25.7 Å². The Morgan fingerprint density at radius 1 is 1.33 bits per heavy atom. The Hall–Kier alpha value is -1.13. The Balaban J connectivity index is 2.00. The van der Waals surface area contributed by atoms with Crippen molar-refractivity contribution in [1.29, 1.82) is 0 Å². The molecule has 0 spiro atoms. The molecule has 0 bridgehead atoms. The molecule has 21 heavy (non-hydrogen) atoms. The number of aliphatic hydroxyl groups is 1. The summed E-state index contributed by atoms with van der Waals surface area (Å²) in [5, 5.41) is 11.5. The lowest BCUT2D eigenvalue weighted by atomic mass is 9.71. The van der Waals surface area contributed by atoms with Crippen molar-refractivity contribution in [3.63, 3.8) is 0 Å². The molecular formula is C17H24FNO2. The maximum atomic E-state index is 13.9. The molecule has 1 aromatic carbocycles. The third-order valence-electron chi connectivity index (χ3n) is 5.15. The van der Waals surface area contributed by atoms with Crippen LogP contribution in [-0.2, 0) is 5.60 Å². The van der Waals surface area contributed by atoms with Crippen LogP contribution >= 0.6 is 0 Å². The molecule has 1 aromatic rings. The largest absolute Gasteiger partial charge is 0.497 e. The van der Waals surface area contributed by atoms with Crippen LogP contribution in [0.3, 0.4) is 0 Å². The fourth-order valence-corrected chi connectivity index (χ4v) is 4.08. The molecule has 4 heteroatoms.